The van der Waals surface area contributed by atoms with Gasteiger partial charge in [-0.3, -0.25) is 0 Å². The zero-order valence-electron chi connectivity index (χ0n) is 9.09. The van der Waals surface area contributed by atoms with Gasteiger partial charge in [0.15, 0.2) is 0 Å². The van der Waals surface area contributed by atoms with Gasteiger partial charge in [0, 0.05) is 12.0 Å². The average Bonchev–Trinajstić information content (AvgIpc) is 2.84. The van der Waals surface area contributed by atoms with Gasteiger partial charge in [0.25, 0.3) is 5.60 Å². The van der Waals surface area contributed by atoms with E-state index in [-0.39, 0.29) is 18.1 Å². The largest absolute Gasteiger partial charge is 0.456 e. The van der Waals surface area contributed by atoms with Crippen molar-refractivity contribution in [2.75, 3.05) is 0 Å². The Hall–Kier alpha value is -1.07. The van der Waals surface area contributed by atoms with Gasteiger partial charge >= 0.3 is 11.9 Å². The van der Waals surface area contributed by atoms with Crippen LogP contribution in [0.25, 0.3) is 0 Å². The van der Waals surface area contributed by atoms with Crippen molar-refractivity contribution < 1.29 is 23.8 Å². The SMILES string of the molecule is C=CC(=O)OC12C(=O)OC3C(C)C(OC31)C2Cl. The first-order chi connectivity index (χ1) is 8.02. The third-order valence-electron chi connectivity index (χ3n) is 3.76. The molecule has 0 aromatic heterocycles. The lowest BCUT2D eigenvalue weighted by Gasteiger charge is -2.30. The quantitative estimate of drug-likeness (QED) is 0.408. The summed E-state index contributed by atoms with van der Waals surface area (Å²) in [5.74, 6) is -1.30. The van der Waals surface area contributed by atoms with Gasteiger partial charge in [0.1, 0.15) is 17.6 Å². The van der Waals surface area contributed by atoms with Crippen LogP contribution >= 0.6 is 11.6 Å². The van der Waals surface area contributed by atoms with E-state index in [1.165, 1.54) is 0 Å². The lowest BCUT2D eigenvalue weighted by Crippen LogP contribution is -2.56. The summed E-state index contributed by atoms with van der Waals surface area (Å²) in [7, 11) is 0. The Labute approximate surface area is 103 Å². The summed E-state index contributed by atoms with van der Waals surface area (Å²) in [6.07, 6.45) is -0.300. The number of esters is 2. The molecule has 0 N–H and O–H groups in total. The lowest BCUT2D eigenvalue weighted by molar-refractivity contribution is -0.170. The van der Waals surface area contributed by atoms with E-state index in [4.69, 9.17) is 25.8 Å². The smallest absolute Gasteiger partial charge is 0.355 e. The van der Waals surface area contributed by atoms with Gasteiger partial charge in [-0.15, -0.1) is 11.6 Å². The molecule has 0 radical (unpaired) electrons. The molecule has 3 heterocycles. The molecule has 3 aliphatic heterocycles. The van der Waals surface area contributed by atoms with Gasteiger partial charge < -0.3 is 14.2 Å². The Bertz CT molecular complexity index is 422. The molecule has 6 atom stereocenters. The molecule has 6 heteroatoms. The number of fused-ring (bicyclic) bond motifs is 1. The highest BCUT2D eigenvalue weighted by atomic mass is 35.5. The van der Waals surface area contributed by atoms with Crippen LogP contribution in [0.4, 0.5) is 0 Å². The zero-order chi connectivity index (χ0) is 12.4. The fourth-order valence-electron chi connectivity index (χ4n) is 2.89. The van der Waals surface area contributed by atoms with Crippen LogP contribution in [0, 0.1) is 5.92 Å². The molecular weight excluding hydrogens is 248 g/mol. The minimum atomic E-state index is -1.49. The van der Waals surface area contributed by atoms with Gasteiger partial charge in [-0.2, -0.15) is 0 Å². The number of rotatable bonds is 2. The molecule has 2 bridgehead atoms. The van der Waals surface area contributed by atoms with E-state index in [0.29, 0.717) is 0 Å². The molecule has 6 unspecified atom stereocenters. The number of alkyl halides is 1. The molecule has 0 saturated carbocycles. The summed E-state index contributed by atoms with van der Waals surface area (Å²) in [6, 6.07) is 0. The minimum Gasteiger partial charge on any atom is -0.456 e. The summed E-state index contributed by atoms with van der Waals surface area (Å²) < 4.78 is 16.0. The molecular formula is C11H11ClO5. The van der Waals surface area contributed by atoms with Crippen LogP contribution in [0.3, 0.4) is 0 Å². The van der Waals surface area contributed by atoms with Crippen molar-refractivity contribution in [2.24, 2.45) is 5.92 Å². The topological polar surface area (TPSA) is 61.8 Å². The second-order valence-corrected chi connectivity index (χ2v) is 5.04. The Morgan fingerprint density at radius 2 is 2.29 bits per heavy atom. The molecule has 0 spiro atoms. The number of ether oxygens (including phenoxy) is 3. The highest BCUT2D eigenvalue weighted by Crippen LogP contribution is 2.55. The van der Waals surface area contributed by atoms with E-state index >= 15 is 0 Å². The van der Waals surface area contributed by atoms with Gasteiger partial charge in [-0.25, -0.2) is 9.59 Å². The first-order valence-corrected chi connectivity index (χ1v) is 5.82. The summed E-state index contributed by atoms with van der Waals surface area (Å²) in [5.41, 5.74) is -1.49. The van der Waals surface area contributed by atoms with Crippen LogP contribution in [0.2, 0.25) is 0 Å². The second kappa shape index (κ2) is 3.23. The fourth-order valence-corrected chi connectivity index (χ4v) is 3.44. The monoisotopic (exact) mass is 258 g/mol. The predicted molar refractivity (Wildman–Crippen MR) is 56.4 cm³/mol. The highest BCUT2D eigenvalue weighted by Gasteiger charge is 2.78. The third kappa shape index (κ3) is 1.09. The second-order valence-electron chi connectivity index (χ2n) is 4.57. The summed E-state index contributed by atoms with van der Waals surface area (Å²) in [4.78, 5) is 23.3. The zero-order valence-corrected chi connectivity index (χ0v) is 9.85. The van der Waals surface area contributed by atoms with Crippen molar-refractivity contribution >= 4 is 23.5 Å². The van der Waals surface area contributed by atoms with Crippen LogP contribution in [0.15, 0.2) is 12.7 Å². The number of carbonyl (C=O) groups excluding carboxylic acids is 2. The van der Waals surface area contributed by atoms with Crippen LogP contribution in [0.1, 0.15) is 6.92 Å². The highest BCUT2D eigenvalue weighted by molar-refractivity contribution is 6.24. The van der Waals surface area contributed by atoms with E-state index in [1.54, 1.807) is 0 Å². The van der Waals surface area contributed by atoms with Crippen molar-refractivity contribution in [2.45, 2.75) is 36.2 Å². The van der Waals surface area contributed by atoms with Crippen molar-refractivity contribution in [1.82, 2.24) is 0 Å². The Morgan fingerprint density at radius 3 is 2.88 bits per heavy atom. The minimum absolute atomic E-state index is 0.0181. The molecule has 3 aliphatic rings. The number of carbonyl (C=O) groups is 2. The summed E-state index contributed by atoms with van der Waals surface area (Å²) in [5, 5.41) is -0.711. The summed E-state index contributed by atoms with van der Waals surface area (Å²) in [6.45, 7) is 5.20. The van der Waals surface area contributed by atoms with Gasteiger partial charge in [-0.05, 0) is 0 Å². The van der Waals surface area contributed by atoms with Crippen molar-refractivity contribution in [3.05, 3.63) is 12.7 Å². The Morgan fingerprint density at radius 1 is 1.59 bits per heavy atom. The number of hydrogen-bond donors (Lipinski definition) is 0. The molecule has 5 nitrogen and oxygen atoms in total. The molecule has 17 heavy (non-hydrogen) atoms. The number of hydrogen-bond acceptors (Lipinski definition) is 5. The van der Waals surface area contributed by atoms with Crippen LogP contribution in [0.5, 0.6) is 0 Å². The molecule has 92 valence electrons. The third-order valence-corrected chi connectivity index (χ3v) is 4.33. The molecule has 0 aromatic carbocycles. The van der Waals surface area contributed by atoms with E-state index in [0.717, 1.165) is 6.08 Å². The van der Waals surface area contributed by atoms with Crippen molar-refractivity contribution in [3.63, 3.8) is 0 Å². The normalized spacial score (nSPS) is 50.2. The van der Waals surface area contributed by atoms with Gasteiger partial charge in [0.05, 0.1) is 6.10 Å². The maximum absolute atomic E-state index is 11.9. The van der Waals surface area contributed by atoms with Crippen LogP contribution < -0.4 is 0 Å². The van der Waals surface area contributed by atoms with E-state index in [9.17, 15) is 9.59 Å². The van der Waals surface area contributed by atoms with E-state index < -0.39 is 29.0 Å². The Balaban J connectivity index is 2.02. The first-order valence-electron chi connectivity index (χ1n) is 5.38. The lowest BCUT2D eigenvalue weighted by atomic mass is 9.79. The Kier molecular flexibility index (Phi) is 2.10. The number of halogens is 1. The fraction of sp³-hybridized carbons (Fsp3) is 0.636. The van der Waals surface area contributed by atoms with Gasteiger partial charge in [0.2, 0.25) is 0 Å². The summed E-state index contributed by atoms with van der Waals surface area (Å²) >= 11 is 6.21. The van der Waals surface area contributed by atoms with Crippen molar-refractivity contribution in [1.29, 1.82) is 0 Å². The molecule has 3 rings (SSSR count). The van der Waals surface area contributed by atoms with E-state index in [1.807, 2.05) is 6.92 Å². The van der Waals surface area contributed by atoms with Crippen molar-refractivity contribution in [3.8, 4) is 0 Å². The maximum Gasteiger partial charge on any atom is 0.355 e. The molecule has 0 amide bonds. The van der Waals surface area contributed by atoms with Crippen LogP contribution in [-0.2, 0) is 23.8 Å². The molecule has 3 saturated heterocycles. The van der Waals surface area contributed by atoms with Crippen LogP contribution in [-0.4, -0.2) is 41.2 Å². The first kappa shape index (κ1) is 11.0. The molecule has 3 fully saturated rings. The molecule has 0 aromatic rings. The molecule has 0 aliphatic carbocycles. The maximum atomic E-state index is 11.9. The van der Waals surface area contributed by atoms with E-state index in [2.05, 4.69) is 6.58 Å². The predicted octanol–water partition coefficient (Wildman–Crippen LogP) is 0.404. The average molecular weight is 259 g/mol. The standard InChI is InChI=1S/C11H11ClO5/c1-3-5(13)17-11-8(12)6-4(2)7(9(11)15-6)16-10(11)14/h3-4,6-9H,1H2,2H3. The van der Waals surface area contributed by atoms with Gasteiger partial charge in [-0.1, -0.05) is 13.5 Å².